The second-order valence-corrected chi connectivity index (χ2v) is 7.04. The number of rotatable bonds is 7. The second-order valence-electron chi connectivity index (χ2n) is 7.04. The average molecular weight is 367 g/mol. The molecular weight excluding hydrogens is 338 g/mol. The summed E-state index contributed by atoms with van der Waals surface area (Å²) in [7, 11) is 0. The Hall–Kier alpha value is -2.31. The molecule has 1 atom stereocenters. The minimum atomic E-state index is -1.44. The summed E-state index contributed by atoms with van der Waals surface area (Å²) in [5.74, 6) is -4.93. The zero-order chi connectivity index (χ0) is 20.1. The number of nitrogens with one attached hydrogen (secondary N) is 1. The number of H-pyrrole nitrogens is 1. The molecule has 0 unspecified atom stereocenters. The Labute approximate surface area is 154 Å². The van der Waals surface area contributed by atoms with Crippen LogP contribution in [-0.2, 0) is 28.6 Å². The fourth-order valence-corrected chi connectivity index (χ4v) is 2.69. The highest BCUT2D eigenvalue weighted by molar-refractivity contribution is 6.01. The molecule has 1 aromatic rings. The number of carbonyl (C=O) groups excluding carboxylic acids is 3. The highest BCUT2D eigenvalue weighted by Gasteiger charge is 2.45. The van der Waals surface area contributed by atoms with Crippen LogP contribution in [0.4, 0.5) is 0 Å². The van der Waals surface area contributed by atoms with E-state index in [2.05, 4.69) is 4.98 Å². The first kappa shape index (κ1) is 21.7. The Balaban J connectivity index is 3.46. The van der Waals surface area contributed by atoms with Gasteiger partial charge in [-0.1, -0.05) is 0 Å². The van der Waals surface area contributed by atoms with Crippen LogP contribution in [0.25, 0.3) is 0 Å². The number of hydrogen-bond donors (Lipinski definition) is 1. The van der Waals surface area contributed by atoms with Crippen molar-refractivity contribution < 1.29 is 28.6 Å². The van der Waals surface area contributed by atoms with E-state index in [9.17, 15) is 14.4 Å². The maximum Gasteiger partial charge on any atom is 0.321 e. The Morgan fingerprint density at radius 1 is 1.00 bits per heavy atom. The molecular formula is C19H29NO6. The molecule has 0 aliphatic carbocycles. The predicted molar refractivity (Wildman–Crippen MR) is 95.6 cm³/mol. The van der Waals surface area contributed by atoms with E-state index in [1.807, 2.05) is 13.0 Å². The van der Waals surface area contributed by atoms with Crippen LogP contribution >= 0.6 is 0 Å². The summed E-state index contributed by atoms with van der Waals surface area (Å²) >= 11 is 0. The molecule has 0 bridgehead atoms. The molecule has 1 N–H and O–H groups in total. The molecule has 1 aromatic heterocycles. The van der Waals surface area contributed by atoms with Crippen LogP contribution in [0.15, 0.2) is 6.07 Å². The van der Waals surface area contributed by atoms with Crippen LogP contribution in [0.2, 0.25) is 0 Å². The van der Waals surface area contributed by atoms with Gasteiger partial charge in [0, 0.05) is 11.4 Å². The van der Waals surface area contributed by atoms with Crippen molar-refractivity contribution in [2.45, 2.75) is 60.0 Å². The van der Waals surface area contributed by atoms with E-state index in [4.69, 9.17) is 14.2 Å². The van der Waals surface area contributed by atoms with Crippen molar-refractivity contribution in [3.63, 3.8) is 0 Å². The smallest absolute Gasteiger partial charge is 0.321 e. The third-order valence-corrected chi connectivity index (χ3v) is 3.58. The van der Waals surface area contributed by atoms with Gasteiger partial charge in [0.2, 0.25) is 0 Å². The zero-order valence-corrected chi connectivity index (χ0v) is 16.6. The Kier molecular flexibility index (Phi) is 7.41. The van der Waals surface area contributed by atoms with Gasteiger partial charge in [0.25, 0.3) is 0 Å². The molecule has 0 saturated heterocycles. The van der Waals surface area contributed by atoms with Crippen LogP contribution in [0.3, 0.4) is 0 Å². The summed E-state index contributed by atoms with van der Waals surface area (Å²) in [6.07, 6.45) is 0. The quantitative estimate of drug-likeness (QED) is 0.452. The number of carbonyl (C=O) groups is 3. The summed E-state index contributed by atoms with van der Waals surface area (Å²) < 4.78 is 15.6. The molecule has 0 aromatic carbocycles. The van der Waals surface area contributed by atoms with E-state index < -0.39 is 35.3 Å². The Morgan fingerprint density at radius 2 is 1.50 bits per heavy atom. The van der Waals surface area contributed by atoms with Crippen LogP contribution in [0, 0.1) is 19.8 Å². The lowest BCUT2D eigenvalue weighted by atomic mass is 9.87. The van der Waals surface area contributed by atoms with Gasteiger partial charge in [-0.2, -0.15) is 0 Å². The van der Waals surface area contributed by atoms with E-state index in [1.165, 1.54) is 0 Å². The Morgan fingerprint density at radius 3 is 1.85 bits per heavy atom. The summed E-state index contributed by atoms with van der Waals surface area (Å²) in [6, 6.07) is 1.83. The third kappa shape index (κ3) is 5.61. The number of aromatic nitrogens is 1. The summed E-state index contributed by atoms with van der Waals surface area (Å²) in [4.78, 5) is 41.0. The van der Waals surface area contributed by atoms with Crippen LogP contribution < -0.4 is 0 Å². The van der Waals surface area contributed by atoms with Gasteiger partial charge in [-0.05, 0) is 60.1 Å². The summed E-state index contributed by atoms with van der Waals surface area (Å²) in [6.45, 7) is 12.2. The monoisotopic (exact) mass is 367 g/mol. The number of aryl methyl sites for hydroxylation is 2. The lowest BCUT2D eigenvalue weighted by Gasteiger charge is -2.27. The van der Waals surface area contributed by atoms with Crippen molar-refractivity contribution in [3.05, 3.63) is 23.0 Å². The van der Waals surface area contributed by atoms with Crippen molar-refractivity contribution in [1.82, 2.24) is 4.98 Å². The van der Waals surface area contributed by atoms with Crippen molar-refractivity contribution in [2.24, 2.45) is 5.92 Å². The van der Waals surface area contributed by atoms with Gasteiger partial charge in [-0.25, -0.2) is 0 Å². The molecule has 26 heavy (non-hydrogen) atoms. The fourth-order valence-electron chi connectivity index (χ4n) is 2.69. The molecule has 0 aliphatic heterocycles. The van der Waals surface area contributed by atoms with Gasteiger partial charge < -0.3 is 19.2 Å². The molecule has 0 fully saturated rings. The average Bonchev–Trinajstić information content (AvgIpc) is 2.81. The summed E-state index contributed by atoms with van der Waals surface area (Å²) in [5.41, 5.74) is 1.22. The minimum Gasteiger partial charge on any atom is -0.465 e. The fraction of sp³-hybridized carbons (Fsp3) is 0.632. The van der Waals surface area contributed by atoms with Gasteiger partial charge in [-0.15, -0.1) is 0 Å². The number of ether oxygens (including phenoxy) is 3. The maximum atomic E-state index is 12.9. The van der Waals surface area contributed by atoms with Crippen LogP contribution in [0.1, 0.15) is 57.5 Å². The van der Waals surface area contributed by atoms with Crippen molar-refractivity contribution in [2.75, 3.05) is 13.2 Å². The normalized spacial score (nSPS) is 12.6. The number of hydrogen-bond acceptors (Lipinski definition) is 6. The van der Waals surface area contributed by atoms with E-state index in [1.54, 1.807) is 41.5 Å². The van der Waals surface area contributed by atoms with Gasteiger partial charge in [0.05, 0.1) is 13.2 Å². The second kappa shape index (κ2) is 8.87. The van der Waals surface area contributed by atoms with Crippen molar-refractivity contribution in [1.29, 1.82) is 0 Å². The molecule has 0 spiro atoms. The minimum absolute atomic E-state index is 0.0819. The first-order valence-corrected chi connectivity index (χ1v) is 8.74. The Bertz CT molecular complexity index is 637. The van der Waals surface area contributed by atoms with Gasteiger partial charge in [0.15, 0.2) is 5.92 Å². The third-order valence-electron chi connectivity index (χ3n) is 3.58. The zero-order valence-electron chi connectivity index (χ0n) is 16.6. The van der Waals surface area contributed by atoms with E-state index in [-0.39, 0.29) is 13.2 Å². The molecule has 7 nitrogen and oxygen atoms in total. The maximum absolute atomic E-state index is 12.9. The SMILES string of the molecule is CCOC(=O)C(C(=O)OCC)[C@H](C(=O)OC(C)(C)C)c1[nH]c(C)cc1C. The predicted octanol–water partition coefficient (Wildman–Crippen LogP) is 2.80. The standard InChI is InChI=1S/C19H29NO6/c1-8-24-16(21)14(17(22)25-9-2)13(18(23)26-19(5,6)7)15-11(3)10-12(4)20-15/h10,13-14,20H,8-9H2,1-7H3/t13-/m0/s1. The van der Waals surface area contributed by atoms with E-state index in [0.29, 0.717) is 5.69 Å². The first-order valence-electron chi connectivity index (χ1n) is 8.74. The lowest BCUT2D eigenvalue weighted by Crippen LogP contribution is -2.40. The van der Waals surface area contributed by atoms with Crippen molar-refractivity contribution in [3.8, 4) is 0 Å². The molecule has 1 rings (SSSR count). The molecule has 1 heterocycles. The molecule has 7 heteroatoms. The van der Waals surface area contributed by atoms with E-state index >= 15 is 0 Å². The highest BCUT2D eigenvalue weighted by Crippen LogP contribution is 2.32. The molecule has 0 radical (unpaired) electrons. The molecule has 0 amide bonds. The van der Waals surface area contributed by atoms with Crippen molar-refractivity contribution >= 4 is 17.9 Å². The number of esters is 3. The van der Waals surface area contributed by atoms with Crippen LogP contribution in [-0.4, -0.2) is 41.7 Å². The summed E-state index contributed by atoms with van der Waals surface area (Å²) in [5, 5.41) is 0. The highest BCUT2D eigenvalue weighted by atomic mass is 16.6. The van der Waals surface area contributed by atoms with E-state index in [0.717, 1.165) is 11.3 Å². The topological polar surface area (TPSA) is 94.7 Å². The largest absolute Gasteiger partial charge is 0.465 e. The van der Waals surface area contributed by atoms with Gasteiger partial charge in [0.1, 0.15) is 11.5 Å². The van der Waals surface area contributed by atoms with Gasteiger partial charge >= 0.3 is 17.9 Å². The first-order chi connectivity index (χ1) is 12.0. The lowest BCUT2D eigenvalue weighted by molar-refractivity contribution is -0.172. The number of aromatic amines is 1. The van der Waals surface area contributed by atoms with Crippen LogP contribution in [0.5, 0.6) is 0 Å². The molecule has 0 aliphatic rings. The molecule has 146 valence electrons. The van der Waals surface area contributed by atoms with Gasteiger partial charge in [-0.3, -0.25) is 14.4 Å². The molecule has 0 saturated carbocycles.